The lowest BCUT2D eigenvalue weighted by Gasteiger charge is -2.07. The van der Waals surface area contributed by atoms with Crippen molar-refractivity contribution in [2.24, 2.45) is 5.73 Å². The standard InChI is InChI=1S/C12H16ClN3/c1-2-8-16-11(6-7-14)15-10-5-3-4-9(13)12(10)16/h3-5H,2,6-8,14H2,1H3. The summed E-state index contributed by atoms with van der Waals surface area (Å²) in [5.41, 5.74) is 7.60. The second-order valence-electron chi connectivity index (χ2n) is 3.83. The third-order valence-corrected chi connectivity index (χ3v) is 2.92. The second kappa shape index (κ2) is 4.85. The predicted molar refractivity (Wildman–Crippen MR) is 67.8 cm³/mol. The highest BCUT2D eigenvalue weighted by Gasteiger charge is 2.11. The van der Waals surface area contributed by atoms with Crippen molar-refractivity contribution >= 4 is 22.6 Å². The largest absolute Gasteiger partial charge is 0.330 e. The summed E-state index contributed by atoms with van der Waals surface area (Å²) >= 11 is 6.22. The zero-order valence-corrected chi connectivity index (χ0v) is 10.2. The Bertz CT molecular complexity index is 490. The van der Waals surface area contributed by atoms with Crippen molar-refractivity contribution in [3.05, 3.63) is 29.0 Å². The Balaban J connectivity index is 2.62. The van der Waals surface area contributed by atoms with Gasteiger partial charge in [-0.15, -0.1) is 0 Å². The molecule has 0 saturated heterocycles. The number of fused-ring (bicyclic) bond motifs is 1. The molecule has 1 aromatic carbocycles. The van der Waals surface area contributed by atoms with E-state index in [0.717, 1.165) is 41.3 Å². The van der Waals surface area contributed by atoms with Crippen molar-refractivity contribution in [1.29, 1.82) is 0 Å². The fraction of sp³-hybridized carbons (Fsp3) is 0.417. The monoisotopic (exact) mass is 237 g/mol. The summed E-state index contributed by atoms with van der Waals surface area (Å²) in [5.74, 6) is 1.03. The van der Waals surface area contributed by atoms with E-state index in [4.69, 9.17) is 17.3 Å². The molecule has 0 aliphatic heterocycles. The topological polar surface area (TPSA) is 43.8 Å². The fourth-order valence-corrected chi connectivity index (χ4v) is 2.25. The predicted octanol–water partition coefficient (Wildman–Crippen LogP) is 2.60. The van der Waals surface area contributed by atoms with Gasteiger partial charge in [0.1, 0.15) is 5.82 Å². The maximum atomic E-state index is 6.22. The minimum atomic E-state index is 0.616. The molecule has 0 aliphatic rings. The summed E-state index contributed by atoms with van der Waals surface area (Å²) in [7, 11) is 0. The number of nitrogens with zero attached hydrogens (tertiary/aromatic N) is 2. The molecule has 2 rings (SSSR count). The Morgan fingerprint density at radius 2 is 2.25 bits per heavy atom. The van der Waals surface area contributed by atoms with Crippen LogP contribution in [0.2, 0.25) is 5.02 Å². The van der Waals surface area contributed by atoms with Crippen LogP contribution < -0.4 is 5.73 Å². The average Bonchev–Trinajstić information content (AvgIpc) is 2.59. The van der Waals surface area contributed by atoms with Crippen LogP contribution in [0.5, 0.6) is 0 Å². The molecule has 0 unspecified atom stereocenters. The van der Waals surface area contributed by atoms with E-state index in [1.165, 1.54) is 0 Å². The van der Waals surface area contributed by atoms with Crippen molar-refractivity contribution in [3.8, 4) is 0 Å². The van der Waals surface area contributed by atoms with Gasteiger partial charge in [-0.1, -0.05) is 24.6 Å². The first kappa shape index (κ1) is 11.4. The SMILES string of the molecule is CCCn1c(CCN)nc2cccc(Cl)c21. The third-order valence-electron chi connectivity index (χ3n) is 2.61. The van der Waals surface area contributed by atoms with Gasteiger partial charge in [0.05, 0.1) is 16.1 Å². The first-order valence-corrected chi connectivity index (χ1v) is 5.99. The normalized spacial score (nSPS) is 11.2. The summed E-state index contributed by atoms with van der Waals surface area (Å²) in [6.07, 6.45) is 1.86. The van der Waals surface area contributed by atoms with Crippen molar-refractivity contribution in [2.75, 3.05) is 6.54 Å². The van der Waals surface area contributed by atoms with Crippen molar-refractivity contribution in [1.82, 2.24) is 9.55 Å². The van der Waals surface area contributed by atoms with Crippen LogP contribution >= 0.6 is 11.6 Å². The molecule has 2 aromatic rings. The van der Waals surface area contributed by atoms with Gasteiger partial charge >= 0.3 is 0 Å². The molecule has 2 N–H and O–H groups in total. The Kier molecular flexibility index (Phi) is 3.46. The van der Waals surface area contributed by atoms with Crippen LogP contribution in [0.4, 0.5) is 0 Å². The zero-order valence-electron chi connectivity index (χ0n) is 9.41. The molecule has 1 aromatic heterocycles. The molecule has 3 nitrogen and oxygen atoms in total. The van der Waals surface area contributed by atoms with E-state index in [-0.39, 0.29) is 0 Å². The number of hydrogen-bond donors (Lipinski definition) is 1. The van der Waals surface area contributed by atoms with E-state index in [9.17, 15) is 0 Å². The van der Waals surface area contributed by atoms with Crippen LogP contribution in [-0.4, -0.2) is 16.1 Å². The summed E-state index contributed by atoms with van der Waals surface area (Å²) in [5, 5.41) is 0.765. The van der Waals surface area contributed by atoms with Crippen LogP contribution in [-0.2, 0) is 13.0 Å². The van der Waals surface area contributed by atoms with Gasteiger partial charge in [-0.2, -0.15) is 0 Å². The van der Waals surface area contributed by atoms with E-state index in [1.807, 2.05) is 18.2 Å². The van der Waals surface area contributed by atoms with Crippen LogP contribution in [0.1, 0.15) is 19.2 Å². The molecular weight excluding hydrogens is 222 g/mol. The molecule has 0 aliphatic carbocycles. The van der Waals surface area contributed by atoms with E-state index in [0.29, 0.717) is 6.54 Å². The van der Waals surface area contributed by atoms with Crippen LogP contribution in [0.15, 0.2) is 18.2 Å². The Labute approximate surface area is 100 Å². The van der Waals surface area contributed by atoms with Crippen LogP contribution in [0.3, 0.4) is 0 Å². The molecule has 1 heterocycles. The number of imidazole rings is 1. The minimum absolute atomic E-state index is 0.616. The maximum Gasteiger partial charge on any atom is 0.111 e. The highest BCUT2D eigenvalue weighted by Crippen LogP contribution is 2.24. The zero-order chi connectivity index (χ0) is 11.5. The first-order valence-electron chi connectivity index (χ1n) is 5.61. The highest BCUT2D eigenvalue weighted by molar-refractivity contribution is 6.35. The lowest BCUT2D eigenvalue weighted by Crippen LogP contribution is -2.10. The average molecular weight is 238 g/mol. The Hall–Kier alpha value is -1.06. The number of benzene rings is 1. The molecule has 86 valence electrons. The molecular formula is C12H16ClN3. The van der Waals surface area contributed by atoms with Crippen molar-refractivity contribution < 1.29 is 0 Å². The van der Waals surface area contributed by atoms with Gasteiger partial charge in [-0.05, 0) is 25.1 Å². The van der Waals surface area contributed by atoms with Gasteiger partial charge in [0.2, 0.25) is 0 Å². The number of nitrogens with two attached hydrogens (primary N) is 1. The van der Waals surface area contributed by atoms with E-state index < -0.39 is 0 Å². The Morgan fingerprint density at radius 3 is 2.94 bits per heavy atom. The van der Waals surface area contributed by atoms with E-state index >= 15 is 0 Å². The lowest BCUT2D eigenvalue weighted by atomic mass is 10.3. The van der Waals surface area contributed by atoms with Gasteiger partial charge in [0, 0.05) is 13.0 Å². The number of halogens is 1. The fourth-order valence-electron chi connectivity index (χ4n) is 1.97. The molecule has 0 saturated carbocycles. The van der Waals surface area contributed by atoms with Gasteiger partial charge in [0.15, 0.2) is 0 Å². The molecule has 0 fully saturated rings. The van der Waals surface area contributed by atoms with Crippen molar-refractivity contribution in [2.45, 2.75) is 26.3 Å². The van der Waals surface area contributed by atoms with Crippen molar-refractivity contribution in [3.63, 3.8) is 0 Å². The Morgan fingerprint density at radius 1 is 1.44 bits per heavy atom. The smallest absolute Gasteiger partial charge is 0.111 e. The van der Waals surface area contributed by atoms with Gasteiger partial charge in [-0.3, -0.25) is 0 Å². The second-order valence-corrected chi connectivity index (χ2v) is 4.23. The molecule has 0 atom stereocenters. The van der Waals surface area contributed by atoms with Crippen LogP contribution in [0.25, 0.3) is 11.0 Å². The quantitative estimate of drug-likeness (QED) is 0.889. The number of aromatic nitrogens is 2. The molecule has 0 radical (unpaired) electrons. The van der Waals surface area contributed by atoms with Gasteiger partial charge < -0.3 is 10.3 Å². The first-order chi connectivity index (χ1) is 7.77. The van der Waals surface area contributed by atoms with E-state index in [1.54, 1.807) is 0 Å². The van der Waals surface area contributed by atoms with E-state index in [2.05, 4.69) is 16.5 Å². The molecule has 0 amide bonds. The number of para-hydroxylation sites is 1. The molecule has 16 heavy (non-hydrogen) atoms. The van der Waals surface area contributed by atoms with Gasteiger partial charge in [0.25, 0.3) is 0 Å². The number of rotatable bonds is 4. The van der Waals surface area contributed by atoms with Gasteiger partial charge in [-0.25, -0.2) is 4.98 Å². The molecule has 4 heteroatoms. The highest BCUT2D eigenvalue weighted by atomic mass is 35.5. The summed E-state index contributed by atoms with van der Waals surface area (Å²) in [6, 6.07) is 5.83. The third kappa shape index (κ3) is 1.93. The summed E-state index contributed by atoms with van der Waals surface area (Å²) in [6.45, 7) is 3.70. The summed E-state index contributed by atoms with van der Waals surface area (Å²) < 4.78 is 2.19. The van der Waals surface area contributed by atoms with Crippen LogP contribution in [0, 0.1) is 0 Å². The minimum Gasteiger partial charge on any atom is -0.330 e. The molecule has 0 spiro atoms. The number of hydrogen-bond acceptors (Lipinski definition) is 2. The number of aryl methyl sites for hydroxylation is 1. The summed E-state index contributed by atoms with van der Waals surface area (Å²) in [4.78, 5) is 4.58. The lowest BCUT2D eigenvalue weighted by molar-refractivity contribution is 0.652. The maximum absolute atomic E-state index is 6.22. The molecule has 0 bridgehead atoms.